The van der Waals surface area contributed by atoms with Crippen LogP contribution in [0.3, 0.4) is 0 Å². The molecule has 0 unspecified atom stereocenters. The summed E-state index contributed by atoms with van der Waals surface area (Å²) < 4.78 is 5.61. The largest absolute Gasteiger partial charge is 0.493 e. The molecule has 0 aliphatic heterocycles. The SMILES string of the molecule is C#Cc1ccc(CCOc2ccccc2)c(C=O)c1.CNCN. The highest BCUT2D eigenvalue weighted by Gasteiger charge is 2.03. The van der Waals surface area contributed by atoms with Gasteiger partial charge in [0.1, 0.15) is 12.0 Å². The zero-order valence-corrected chi connectivity index (χ0v) is 13.3. The molecule has 0 aliphatic rings. The van der Waals surface area contributed by atoms with Gasteiger partial charge in [-0.1, -0.05) is 30.2 Å². The Bertz CT molecular complexity index is 632. The molecule has 4 heteroatoms. The number of carbonyl (C=O) groups excluding carboxylic acids is 1. The van der Waals surface area contributed by atoms with Crippen LogP contribution in [0.25, 0.3) is 0 Å². The number of aldehydes is 1. The molecule has 0 aliphatic carbocycles. The number of benzene rings is 2. The maximum Gasteiger partial charge on any atom is 0.150 e. The maximum absolute atomic E-state index is 11.0. The van der Waals surface area contributed by atoms with E-state index in [4.69, 9.17) is 16.9 Å². The Balaban J connectivity index is 0.000000593. The standard InChI is InChI=1S/C17H14O2.C2H8N2/c1-2-14-8-9-15(16(12-14)13-18)10-11-19-17-6-4-3-5-7-17;1-4-2-3/h1,3-9,12-13H,10-11H2;4H,2-3H2,1H3. The van der Waals surface area contributed by atoms with Gasteiger partial charge in [0.2, 0.25) is 0 Å². The Hall–Kier alpha value is -2.61. The predicted molar refractivity (Wildman–Crippen MR) is 93.5 cm³/mol. The Morgan fingerprint density at radius 1 is 1.26 bits per heavy atom. The van der Waals surface area contributed by atoms with E-state index in [1.165, 1.54) is 0 Å². The smallest absolute Gasteiger partial charge is 0.150 e. The van der Waals surface area contributed by atoms with E-state index in [0.29, 0.717) is 25.3 Å². The van der Waals surface area contributed by atoms with E-state index in [1.807, 2.05) is 42.5 Å². The van der Waals surface area contributed by atoms with Gasteiger partial charge in [0, 0.05) is 24.2 Å². The van der Waals surface area contributed by atoms with Gasteiger partial charge in [-0.3, -0.25) is 4.79 Å². The molecule has 0 spiro atoms. The Labute approximate surface area is 137 Å². The quantitative estimate of drug-likeness (QED) is 0.488. The number of hydrogen-bond donors (Lipinski definition) is 2. The summed E-state index contributed by atoms with van der Waals surface area (Å²) in [4.78, 5) is 11.0. The van der Waals surface area contributed by atoms with Crippen molar-refractivity contribution in [1.82, 2.24) is 5.32 Å². The summed E-state index contributed by atoms with van der Waals surface area (Å²) in [5.41, 5.74) is 7.21. The molecule has 0 saturated carbocycles. The van der Waals surface area contributed by atoms with Crippen molar-refractivity contribution >= 4 is 6.29 Å². The summed E-state index contributed by atoms with van der Waals surface area (Å²) in [6.07, 6.45) is 6.82. The number of hydrogen-bond acceptors (Lipinski definition) is 4. The van der Waals surface area contributed by atoms with Crippen molar-refractivity contribution in [3.63, 3.8) is 0 Å². The fraction of sp³-hybridized carbons (Fsp3) is 0.211. The van der Waals surface area contributed by atoms with Gasteiger partial charge >= 0.3 is 0 Å². The first-order valence-corrected chi connectivity index (χ1v) is 7.32. The molecular formula is C19H22N2O2. The van der Waals surface area contributed by atoms with Crippen LogP contribution in [0.1, 0.15) is 21.5 Å². The molecule has 0 saturated heterocycles. The monoisotopic (exact) mass is 310 g/mol. The first kappa shape index (κ1) is 18.4. The normalized spacial score (nSPS) is 9.26. The molecule has 2 rings (SSSR count). The highest BCUT2D eigenvalue weighted by Crippen LogP contribution is 2.13. The fourth-order valence-electron chi connectivity index (χ4n) is 1.82. The zero-order chi connectivity index (χ0) is 16.9. The number of rotatable bonds is 6. The van der Waals surface area contributed by atoms with Crippen LogP contribution in [-0.2, 0) is 6.42 Å². The van der Waals surface area contributed by atoms with Gasteiger partial charge < -0.3 is 15.8 Å². The third kappa shape index (κ3) is 6.79. The van der Waals surface area contributed by atoms with Gasteiger partial charge in [-0.15, -0.1) is 6.42 Å². The summed E-state index contributed by atoms with van der Waals surface area (Å²) in [6.45, 7) is 1.10. The molecule has 0 amide bonds. The number of para-hydroxylation sites is 1. The van der Waals surface area contributed by atoms with Crippen molar-refractivity contribution in [2.45, 2.75) is 6.42 Å². The third-order valence-corrected chi connectivity index (χ3v) is 3.03. The average molecular weight is 310 g/mol. The van der Waals surface area contributed by atoms with Crippen LogP contribution in [0.2, 0.25) is 0 Å². The minimum atomic E-state index is 0.528. The molecule has 0 radical (unpaired) electrons. The second-order valence-electron chi connectivity index (χ2n) is 4.64. The van der Waals surface area contributed by atoms with Crippen molar-refractivity contribution < 1.29 is 9.53 Å². The maximum atomic E-state index is 11.0. The first-order chi connectivity index (χ1) is 11.2. The number of carbonyl (C=O) groups is 1. The number of terminal acetylenes is 1. The molecule has 23 heavy (non-hydrogen) atoms. The Morgan fingerprint density at radius 2 is 1.96 bits per heavy atom. The van der Waals surface area contributed by atoms with Gasteiger partial charge in [0.25, 0.3) is 0 Å². The summed E-state index contributed by atoms with van der Waals surface area (Å²) in [6, 6.07) is 15.0. The molecular weight excluding hydrogens is 288 g/mol. The van der Waals surface area contributed by atoms with E-state index in [9.17, 15) is 4.79 Å². The molecule has 0 bridgehead atoms. The first-order valence-electron chi connectivity index (χ1n) is 7.32. The molecule has 0 aromatic heterocycles. The summed E-state index contributed by atoms with van der Waals surface area (Å²) in [7, 11) is 1.81. The minimum Gasteiger partial charge on any atom is -0.493 e. The van der Waals surface area contributed by atoms with E-state index in [0.717, 1.165) is 23.2 Å². The highest BCUT2D eigenvalue weighted by molar-refractivity contribution is 5.78. The van der Waals surface area contributed by atoms with Gasteiger partial charge in [0.05, 0.1) is 6.61 Å². The lowest BCUT2D eigenvalue weighted by Crippen LogP contribution is -2.15. The van der Waals surface area contributed by atoms with Crippen molar-refractivity contribution in [2.24, 2.45) is 5.73 Å². The molecule has 120 valence electrons. The van der Waals surface area contributed by atoms with Crippen LogP contribution in [-0.4, -0.2) is 26.6 Å². The topological polar surface area (TPSA) is 64.3 Å². The van der Waals surface area contributed by atoms with E-state index in [2.05, 4.69) is 11.2 Å². The average Bonchev–Trinajstić information content (AvgIpc) is 2.63. The zero-order valence-electron chi connectivity index (χ0n) is 13.3. The summed E-state index contributed by atoms with van der Waals surface area (Å²) in [5.74, 6) is 3.35. The summed E-state index contributed by atoms with van der Waals surface area (Å²) >= 11 is 0. The minimum absolute atomic E-state index is 0.528. The fourth-order valence-corrected chi connectivity index (χ4v) is 1.82. The lowest BCUT2D eigenvalue weighted by Gasteiger charge is -2.08. The number of ether oxygens (including phenoxy) is 1. The van der Waals surface area contributed by atoms with E-state index >= 15 is 0 Å². The van der Waals surface area contributed by atoms with E-state index < -0.39 is 0 Å². The molecule has 0 fully saturated rings. The van der Waals surface area contributed by atoms with Crippen LogP contribution < -0.4 is 15.8 Å². The van der Waals surface area contributed by atoms with E-state index in [-0.39, 0.29) is 0 Å². The lowest BCUT2D eigenvalue weighted by atomic mass is 10.0. The van der Waals surface area contributed by atoms with Crippen LogP contribution >= 0.6 is 0 Å². The van der Waals surface area contributed by atoms with Crippen molar-refractivity contribution in [2.75, 3.05) is 20.3 Å². The lowest BCUT2D eigenvalue weighted by molar-refractivity contribution is 0.112. The van der Waals surface area contributed by atoms with Crippen molar-refractivity contribution in [3.8, 4) is 18.1 Å². The molecule has 3 N–H and O–H groups in total. The number of nitrogens with one attached hydrogen (secondary N) is 1. The molecule has 0 atom stereocenters. The molecule has 0 heterocycles. The van der Waals surface area contributed by atoms with Crippen LogP contribution in [0.15, 0.2) is 48.5 Å². The van der Waals surface area contributed by atoms with Gasteiger partial charge in [-0.2, -0.15) is 0 Å². The number of nitrogens with two attached hydrogens (primary N) is 1. The Morgan fingerprint density at radius 3 is 2.52 bits per heavy atom. The second kappa shape index (κ2) is 11.0. The molecule has 2 aromatic carbocycles. The van der Waals surface area contributed by atoms with Gasteiger partial charge in [-0.25, -0.2) is 0 Å². The van der Waals surface area contributed by atoms with Crippen molar-refractivity contribution in [3.05, 3.63) is 65.2 Å². The van der Waals surface area contributed by atoms with Crippen LogP contribution in [0.5, 0.6) is 5.75 Å². The van der Waals surface area contributed by atoms with Crippen LogP contribution in [0.4, 0.5) is 0 Å². The molecule has 4 nitrogen and oxygen atoms in total. The summed E-state index contributed by atoms with van der Waals surface area (Å²) in [5, 5.41) is 2.71. The van der Waals surface area contributed by atoms with Crippen molar-refractivity contribution in [1.29, 1.82) is 0 Å². The molecule has 2 aromatic rings. The second-order valence-corrected chi connectivity index (χ2v) is 4.64. The third-order valence-electron chi connectivity index (χ3n) is 3.03. The van der Waals surface area contributed by atoms with Crippen LogP contribution in [0, 0.1) is 12.3 Å². The van der Waals surface area contributed by atoms with Gasteiger partial charge in [0.15, 0.2) is 0 Å². The Kier molecular flexibility index (Phi) is 8.84. The predicted octanol–water partition coefficient (Wildman–Crippen LogP) is 2.22. The van der Waals surface area contributed by atoms with E-state index in [1.54, 1.807) is 13.1 Å². The van der Waals surface area contributed by atoms with Gasteiger partial charge in [-0.05, 0) is 36.9 Å². The highest BCUT2D eigenvalue weighted by atomic mass is 16.5.